The summed E-state index contributed by atoms with van der Waals surface area (Å²) in [6.07, 6.45) is 2.74. The highest BCUT2D eigenvalue weighted by atomic mass is 16.1. The van der Waals surface area contributed by atoms with Gasteiger partial charge in [-0.2, -0.15) is 0 Å². The van der Waals surface area contributed by atoms with E-state index >= 15 is 0 Å². The van der Waals surface area contributed by atoms with Gasteiger partial charge in [0.1, 0.15) is 6.29 Å². The van der Waals surface area contributed by atoms with Crippen LogP contribution in [0.15, 0.2) is 12.7 Å². The van der Waals surface area contributed by atoms with E-state index in [0.717, 1.165) is 6.29 Å². The van der Waals surface area contributed by atoms with Crippen LogP contribution in [0.5, 0.6) is 0 Å². The number of aldehydes is 1. The van der Waals surface area contributed by atoms with E-state index in [1.54, 1.807) is 6.08 Å². The molecule has 0 spiro atoms. The summed E-state index contributed by atoms with van der Waals surface area (Å²) in [6, 6.07) is 0. The van der Waals surface area contributed by atoms with Gasteiger partial charge in [0.15, 0.2) is 0 Å². The van der Waals surface area contributed by atoms with Gasteiger partial charge in [-0.05, 0) is 5.92 Å². The van der Waals surface area contributed by atoms with Gasteiger partial charge in [0, 0.05) is 5.92 Å². The maximum atomic E-state index is 10.1. The largest absolute Gasteiger partial charge is 0.303 e. The van der Waals surface area contributed by atoms with Crippen molar-refractivity contribution in [3.63, 3.8) is 0 Å². The second-order valence-corrected chi connectivity index (χ2v) is 2.09. The average Bonchev–Trinajstić information content (AvgIpc) is 1.84. The van der Waals surface area contributed by atoms with Crippen LogP contribution in [-0.4, -0.2) is 6.29 Å². The Morgan fingerprint density at radius 1 is 1.38 bits per heavy atom. The standard InChI is InChI=1S/C7H12O/c1-4-6(2)7(3)5-8/h4-7H,1H2,2-3H3/t6-,7+/m0/s1. The third kappa shape index (κ3) is 1.92. The molecule has 0 heterocycles. The van der Waals surface area contributed by atoms with Crippen molar-refractivity contribution in [3.8, 4) is 0 Å². The summed E-state index contributed by atoms with van der Waals surface area (Å²) >= 11 is 0. The predicted molar refractivity (Wildman–Crippen MR) is 34.6 cm³/mol. The van der Waals surface area contributed by atoms with Crippen molar-refractivity contribution in [2.75, 3.05) is 0 Å². The SMILES string of the molecule is C=C[C@H](C)[C@H](C)C=O. The molecule has 0 aromatic carbocycles. The van der Waals surface area contributed by atoms with E-state index in [2.05, 4.69) is 6.58 Å². The fourth-order valence-corrected chi connectivity index (χ4v) is 0.339. The molecule has 2 atom stereocenters. The Morgan fingerprint density at radius 3 is 2.00 bits per heavy atom. The fraction of sp³-hybridized carbons (Fsp3) is 0.571. The minimum atomic E-state index is 0.118. The summed E-state index contributed by atoms with van der Waals surface area (Å²) in [4.78, 5) is 10.1. The highest BCUT2D eigenvalue weighted by Crippen LogP contribution is 2.07. The lowest BCUT2D eigenvalue weighted by atomic mass is 9.98. The monoisotopic (exact) mass is 112 g/mol. The van der Waals surface area contributed by atoms with Gasteiger partial charge < -0.3 is 4.79 Å². The Hall–Kier alpha value is -0.590. The number of hydrogen-bond donors (Lipinski definition) is 0. The minimum absolute atomic E-state index is 0.118. The molecule has 0 aliphatic rings. The molecule has 0 aromatic rings. The van der Waals surface area contributed by atoms with Crippen molar-refractivity contribution < 1.29 is 4.79 Å². The van der Waals surface area contributed by atoms with Crippen molar-refractivity contribution in [1.82, 2.24) is 0 Å². The molecule has 0 rings (SSSR count). The second kappa shape index (κ2) is 3.42. The number of carbonyl (C=O) groups excluding carboxylic acids is 1. The molecule has 0 unspecified atom stereocenters. The van der Waals surface area contributed by atoms with Crippen LogP contribution in [0.3, 0.4) is 0 Å². The minimum Gasteiger partial charge on any atom is -0.303 e. The van der Waals surface area contributed by atoms with Crippen LogP contribution in [0.1, 0.15) is 13.8 Å². The number of hydrogen-bond acceptors (Lipinski definition) is 1. The van der Waals surface area contributed by atoms with Crippen LogP contribution < -0.4 is 0 Å². The maximum Gasteiger partial charge on any atom is 0.123 e. The van der Waals surface area contributed by atoms with E-state index in [0.29, 0.717) is 5.92 Å². The Kier molecular flexibility index (Phi) is 3.16. The smallest absolute Gasteiger partial charge is 0.123 e. The lowest BCUT2D eigenvalue weighted by Crippen LogP contribution is -2.04. The average molecular weight is 112 g/mol. The number of rotatable bonds is 3. The maximum absolute atomic E-state index is 10.1. The fourth-order valence-electron chi connectivity index (χ4n) is 0.339. The van der Waals surface area contributed by atoms with Crippen LogP contribution in [0.25, 0.3) is 0 Å². The quantitative estimate of drug-likeness (QED) is 0.400. The van der Waals surface area contributed by atoms with E-state index in [1.165, 1.54) is 0 Å². The molecular formula is C7H12O. The molecule has 0 fully saturated rings. The molecule has 0 amide bonds. The van der Waals surface area contributed by atoms with Gasteiger partial charge in [0.05, 0.1) is 0 Å². The summed E-state index contributed by atoms with van der Waals surface area (Å²) < 4.78 is 0. The first kappa shape index (κ1) is 7.41. The summed E-state index contributed by atoms with van der Waals surface area (Å²) in [7, 11) is 0. The van der Waals surface area contributed by atoms with Gasteiger partial charge in [-0.15, -0.1) is 6.58 Å². The molecule has 1 nitrogen and oxygen atoms in total. The Balaban J connectivity index is 3.60. The van der Waals surface area contributed by atoms with Gasteiger partial charge in [-0.25, -0.2) is 0 Å². The van der Waals surface area contributed by atoms with E-state index < -0.39 is 0 Å². The highest BCUT2D eigenvalue weighted by Gasteiger charge is 2.04. The Morgan fingerprint density at radius 2 is 1.88 bits per heavy atom. The molecule has 0 aromatic heterocycles. The highest BCUT2D eigenvalue weighted by molar-refractivity contribution is 5.53. The summed E-state index contributed by atoms with van der Waals surface area (Å²) in [5, 5.41) is 0. The topological polar surface area (TPSA) is 17.1 Å². The van der Waals surface area contributed by atoms with Gasteiger partial charge in [-0.1, -0.05) is 19.9 Å². The summed E-state index contributed by atoms with van der Waals surface area (Å²) in [5.74, 6) is 0.431. The molecule has 46 valence electrons. The van der Waals surface area contributed by atoms with E-state index in [1.807, 2.05) is 13.8 Å². The predicted octanol–water partition coefficient (Wildman–Crippen LogP) is 1.64. The number of carbonyl (C=O) groups is 1. The molecule has 1 heteroatoms. The molecule has 0 aliphatic carbocycles. The van der Waals surface area contributed by atoms with Gasteiger partial charge in [-0.3, -0.25) is 0 Å². The van der Waals surface area contributed by atoms with Gasteiger partial charge in [0.2, 0.25) is 0 Å². The molecule has 0 radical (unpaired) electrons. The Bertz CT molecular complexity index is 74.4. The van der Waals surface area contributed by atoms with Crippen LogP contribution in [0, 0.1) is 11.8 Å². The lowest BCUT2D eigenvalue weighted by Gasteiger charge is -2.06. The Labute approximate surface area is 50.4 Å². The van der Waals surface area contributed by atoms with Crippen LogP contribution in [0.2, 0.25) is 0 Å². The van der Waals surface area contributed by atoms with Crippen LogP contribution in [0.4, 0.5) is 0 Å². The number of allylic oxidation sites excluding steroid dienone is 1. The van der Waals surface area contributed by atoms with Crippen molar-refractivity contribution in [2.24, 2.45) is 11.8 Å². The van der Waals surface area contributed by atoms with Crippen LogP contribution in [-0.2, 0) is 4.79 Å². The van der Waals surface area contributed by atoms with Crippen LogP contribution >= 0.6 is 0 Å². The van der Waals surface area contributed by atoms with E-state index in [9.17, 15) is 4.79 Å². The molecule has 0 aliphatic heterocycles. The van der Waals surface area contributed by atoms with Crippen molar-refractivity contribution in [2.45, 2.75) is 13.8 Å². The lowest BCUT2D eigenvalue weighted by molar-refractivity contribution is -0.111. The first-order chi connectivity index (χ1) is 3.72. The molecule has 0 bridgehead atoms. The summed E-state index contributed by atoms with van der Waals surface area (Å²) in [5.41, 5.74) is 0. The van der Waals surface area contributed by atoms with Crippen molar-refractivity contribution in [1.29, 1.82) is 0 Å². The molecule has 0 N–H and O–H groups in total. The van der Waals surface area contributed by atoms with E-state index in [4.69, 9.17) is 0 Å². The normalized spacial score (nSPS) is 16.8. The first-order valence-corrected chi connectivity index (χ1v) is 2.80. The molecule has 0 saturated heterocycles. The van der Waals surface area contributed by atoms with Crippen molar-refractivity contribution >= 4 is 6.29 Å². The van der Waals surface area contributed by atoms with Crippen molar-refractivity contribution in [3.05, 3.63) is 12.7 Å². The third-order valence-corrected chi connectivity index (χ3v) is 1.42. The second-order valence-electron chi connectivity index (χ2n) is 2.09. The van der Waals surface area contributed by atoms with Gasteiger partial charge in [0.25, 0.3) is 0 Å². The zero-order valence-corrected chi connectivity index (χ0v) is 5.42. The molecule has 0 saturated carbocycles. The molecular weight excluding hydrogens is 100 g/mol. The third-order valence-electron chi connectivity index (χ3n) is 1.42. The van der Waals surface area contributed by atoms with E-state index in [-0.39, 0.29) is 5.92 Å². The van der Waals surface area contributed by atoms with Gasteiger partial charge >= 0.3 is 0 Å². The summed E-state index contributed by atoms with van der Waals surface area (Å²) in [6.45, 7) is 7.44. The first-order valence-electron chi connectivity index (χ1n) is 2.80. The zero-order valence-electron chi connectivity index (χ0n) is 5.42. The molecule has 8 heavy (non-hydrogen) atoms. The zero-order chi connectivity index (χ0) is 6.57.